The first kappa shape index (κ1) is 9.19. The molecule has 0 aromatic carbocycles. The molecular weight excluding hydrogens is 182 g/mol. The van der Waals surface area contributed by atoms with Crippen molar-refractivity contribution in [2.45, 2.75) is 25.5 Å². The Morgan fingerprint density at radius 1 is 1.69 bits per heavy atom. The molecule has 1 aliphatic heterocycles. The van der Waals surface area contributed by atoms with E-state index in [0.29, 0.717) is 6.04 Å². The Bertz CT molecular complexity index is 284. The first-order valence-corrected chi connectivity index (χ1v) is 5.56. The van der Waals surface area contributed by atoms with Crippen molar-refractivity contribution < 1.29 is 4.74 Å². The molecule has 1 aliphatic rings. The monoisotopic (exact) mass is 197 g/mol. The minimum absolute atomic E-state index is 0.258. The SMILES string of the molecule is CN[C@@H](C)C1OCCc2ccsc21. The lowest BCUT2D eigenvalue weighted by Crippen LogP contribution is -2.32. The summed E-state index contributed by atoms with van der Waals surface area (Å²) in [7, 11) is 1.98. The van der Waals surface area contributed by atoms with Gasteiger partial charge in [0.25, 0.3) is 0 Å². The van der Waals surface area contributed by atoms with E-state index in [1.54, 1.807) is 0 Å². The number of rotatable bonds is 2. The van der Waals surface area contributed by atoms with Crippen LogP contribution in [0.15, 0.2) is 11.4 Å². The third-order valence-corrected chi connectivity index (χ3v) is 3.64. The van der Waals surface area contributed by atoms with E-state index in [1.165, 1.54) is 10.4 Å². The van der Waals surface area contributed by atoms with Crippen molar-refractivity contribution in [2.75, 3.05) is 13.7 Å². The van der Waals surface area contributed by atoms with Crippen LogP contribution in [0, 0.1) is 0 Å². The van der Waals surface area contributed by atoms with Crippen molar-refractivity contribution in [3.05, 3.63) is 21.9 Å². The fourth-order valence-electron chi connectivity index (χ4n) is 1.70. The Labute approximate surface area is 82.9 Å². The molecular formula is C10H15NOS. The van der Waals surface area contributed by atoms with Gasteiger partial charge in [-0.25, -0.2) is 0 Å². The van der Waals surface area contributed by atoms with Crippen molar-refractivity contribution >= 4 is 11.3 Å². The summed E-state index contributed by atoms with van der Waals surface area (Å²) in [5.74, 6) is 0. The van der Waals surface area contributed by atoms with E-state index in [9.17, 15) is 0 Å². The normalized spacial score (nSPS) is 24.0. The van der Waals surface area contributed by atoms with E-state index in [-0.39, 0.29) is 6.10 Å². The van der Waals surface area contributed by atoms with Crippen LogP contribution in [-0.2, 0) is 11.2 Å². The van der Waals surface area contributed by atoms with Crippen LogP contribution < -0.4 is 5.32 Å². The smallest absolute Gasteiger partial charge is 0.107 e. The average molecular weight is 197 g/mol. The second-order valence-corrected chi connectivity index (χ2v) is 4.38. The number of hydrogen-bond acceptors (Lipinski definition) is 3. The molecule has 0 saturated carbocycles. The number of ether oxygens (including phenoxy) is 1. The summed E-state index contributed by atoms with van der Waals surface area (Å²) in [6, 6.07) is 2.62. The maximum Gasteiger partial charge on any atom is 0.107 e. The fourth-order valence-corrected chi connectivity index (χ4v) is 2.80. The van der Waals surface area contributed by atoms with E-state index in [4.69, 9.17) is 4.74 Å². The minimum atomic E-state index is 0.258. The van der Waals surface area contributed by atoms with Gasteiger partial charge >= 0.3 is 0 Å². The molecule has 1 unspecified atom stereocenters. The summed E-state index contributed by atoms with van der Waals surface area (Å²) in [6.45, 7) is 3.03. The maximum absolute atomic E-state index is 5.76. The van der Waals surface area contributed by atoms with Gasteiger partial charge in [0.15, 0.2) is 0 Å². The molecule has 0 spiro atoms. The van der Waals surface area contributed by atoms with Gasteiger partial charge in [-0.05, 0) is 37.4 Å². The number of nitrogens with one attached hydrogen (secondary N) is 1. The van der Waals surface area contributed by atoms with Crippen LogP contribution in [0.5, 0.6) is 0 Å². The Morgan fingerprint density at radius 2 is 2.54 bits per heavy atom. The second-order valence-electron chi connectivity index (χ2n) is 3.43. The second kappa shape index (κ2) is 3.78. The molecule has 0 aliphatic carbocycles. The standard InChI is InChI=1S/C10H15NOS/c1-7(11-2)9-10-8(3-5-12-9)4-6-13-10/h4,6-7,9,11H,3,5H2,1-2H3/t7-,9?/m0/s1. The van der Waals surface area contributed by atoms with Gasteiger partial charge in [0.1, 0.15) is 6.10 Å². The predicted octanol–water partition coefficient (Wildman–Crippen LogP) is 1.97. The fraction of sp³-hybridized carbons (Fsp3) is 0.600. The van der Waals surface area contributed by atoms with Crippen molar-refractivity contribution in [3.8, 4) is 0 Å². The molecule has 0 fully saturated rings. The largest absolute Gasteiger partial charge is 0.371 e. The summed E-state index contributed by atoms with van der Waals surface area (Å²) >= 11 is 1.81. The maximum atomic E-state index is 5.76. The van der Waals surface area contributed by atoms with E-state index < -0.39 is 0 Å². The van der Waals surface area contributed by atoms with Crippen LogP contribution in [0.3, 0.4) is 0 Å². The van der Waals surface area contributed by atoms with Crippen LogP contribution in [0.1, 0.15) is 23.5 Å². The molecule has 2 nitrogen and oxygen atoms in total. The molecule has 72 valence electrons. The first-order chi connectivity index (χ1) is 6.33. The molecule has 0 radical (unpaired) electrons. The van der Waals surface area contributed by atoms with Gasteiger partial charge in [0.05, 0.1) is 6.61 Å². The van der Waals surface area contributed by atoms with E-state index in [0.717, 1.165) is 13.0 Å². The molecule has 1 N–H and O–H groups in total. The highest BCUT2D eigenvalue weighted by molar-refractivity contribution is 7.10. The van der Waals surface area contributed by atoms with Crippen LogP contribution >= 0.6 is 11.3 Å². The summed E-state index contributed by atoms with van der Waals surface area (Å²) in [5.41, 5.74) is 1.48. The van der Waals surface area contributed by atoms with Gasteiger partial charge in [-0.15, -0.1) is 11.3 Å². The molecule has 3 heteroatoms. The van der Waals surface area contributed by atoms with Crippen molar-refractivity contribution in [2.24, 2.45) is 0 Å². The van der Waals surface area contributed by atoms with Gasteiger partial charge in [-0.2, -0.15) is 0 Å². The van der Waals surface area contributed by atoms with Crippen molar-refractivity contribution in [1.82, 2.24) is 5.32 Å². The van der Waals surface area contributed by atoms with Crippen molar-refractivity contribution in [1.29, 1.82) is 0 Å². The Morgan fingerprint density at radius 3 is 3.31 bits per heavy atom. The quantitative estimate of drug-likeness (QED) is 0.782. The summed E-state index contributed by atoms with van der Waals surface area (Å²) in [6.07, 6.45) is 1.33. The predicted molar refractivity (Wildman–Crippen MR) is 55.2 cm³/mol. The van der Waals surface area contributed by atoms with E-state index >= 15 is 0 Å². The lowest BCUT2D eigenvalue weighted by atomic mass is 10.0. The van der Waals surface area contributed by atoms with Crippen molar-refractivity contribution in [3.63, 3.8) is 0 Å². The van der Waals surface area contributed by atoms with Gasteiger partial charge < -0.3 is 10.1 Å². The van der Waals surface area contributed by atoms with Gasteiger partial charge in [-0.1, -0.05) is 0 Å². The molecule has 1 aromatic rings. The highest BCUT2D eigenvalue weighted by Crippen LogP contribution is 2.33. The van der Waals surface area contributed by atoms with Crippen LogP contribution in [-0.4, -0.2) is 19.7 Å². The van der Waals surface area contributed by atoms with E-state index in [1.807, 2.05) is 18.4 Å². The van der Waals surface area contributed by atoms with Gasteiger partial charge in [0, 0.05) is 10.9 Å². The third-order valence-electron chi connectivity index (χ3n) is 2.62. The number of hydrogen-bond donors (Lipinski definition) is 1. The van der Waals surface area contributed by atoms with Gasteiger partial charge in [-0.3, -0.25) is 0 Å². The highest BCUT2D eigenvalue weighted by atomic mass is 32.1. The Balaban J connectivity index is 2.24. The van der Waals surface area contributed by atoms with Crippen LogP contribution in [0.25, 0.3) is 0 Å². The number of likely N-dealkylation sites (N-methyl/N-ethyl adjacent to an activating group) is 1. The number of fused-ring (bicyclic) bond motifs is 1. The summed E-state index contributed by atoms with van der Waals surface area (Å²) in [4.78, 5) is 1.41. The molecule has 2 atom stereocenters. The zero-order chi connectivity index (χ0) is 9.26. The lowest BCUT2D eigenvalue weighted by Gasteiger charge is -2.27. The Kier molecular flexibility index (Phi) is 2.67. The molecule has 1 aromatic heterocycles. The molecule has 13 heavy (non-hydrogen) atoms. The zero-order valence-electron chi connectivity index (χ0n) is 8.04. The summed E-state index contributed by atoms with van der Waals surface area (Å²) in [5, 5.41) is 5.41. The zero-order valence-corrected chi connectivity index (χ0v) is 8.86. The molecule has 0 saturated heterocycles. The molecule has 2 rings (SSSR count). The molecule has 2 heterocycles. The third kappa shape index (κ3) is 1.64. The van der Waals surface area contributed by atoms with Crippen LogP contribution in [0.2, 0.25) is 0 Å². The average Bonchev–Trinajstić information content (AvgIpc) is 2.63. The molecule has 0 bridgehead atoms. The van der Waals surface area contributed by atoms with Crippen LogP contribution in [0.4, 0.5) is 0 Å². The lowest BCUT2D eigenvalue weighted by molar-refractivity contribution is 0.0245. The van der Waals surface area contributed by atoms with Gasteiger partial charge in [0.2, 0.25) is 0 Å². The first-order valence-electron chi connectivity index (χ1n) is 4.68. The van der Waals surface area contributed by atoms with E-state index in [2.05, 4.69) is 23.7 Å². The minimum Gasteiger partial charge on any atom is -0.371 e. The summed E-state index contributed by atoms with van der Waals surface area (Å²) < 4.78 is 5.76. The highest BCUT2D eigenvalue weighted by Gasteiger charge is 2.26. The number of thiophene rings is 1. The molecule has 0 amide bonds. The Hall–Kier alpha value is -0.380. The topological polar surface area (TPSA) is 21.3 Å².